The predicted octanol–water partition coefficient (Wildman–Crippen LogP) is 17.7. The smallest absolute Gasteiger partial charge is 0.0555 e. The first-order valence-corrected chi connectivity index (χ1v) is 22.1. The Balaban J connectivity index is 1.11. The number of thiophene rings is 1. The van der Waals surface area contributed by atoms with Crippen LogP contribution in [0.25, 0.3) is 97.0 Å². The molecule has 1 aromatic heterocycles. The number of hydrogen-bond acceptors (Lipinski definition) is 2. The van der Waals surface area contributed by atoms with Gasteiger partial charge in [-0.3, -0.25) is 0 Å². The highest BCUT2D eigenvalue weighted by Gasteiger charge is 2.23. The summed E-state index contributed by atoms with van der Waals surface area (Å²) in [6, 6.07) is 86.8. The summed E-state index contributed by atoms with van der Waals surface area (Å²) >= 11 is 1.86. The van der Waals surface area contributed by atoms with Crippen molar-refractivity contribution in [2.45, 2.75) is 0 Å². The molecule has 0 radical (unpaired) electrons. The zero-order chi connectivity index (χ0) is 41.0. The molecule has 0 aliphatic heterocycles. The number of rotatable bonds is 7. The number of hydrogen-bond donors (Lipinski definition) is 0. The topological polar surface area (TPSA) is 3.24 Å². The molecule has 0 spiro atoms. The molecule has 0 aliphatic rings. The quantitative estimate of drug-likeness (QED) is 0.145. The largest absolute Gasteiger partial charge is 0.309 e. The Bertz CT molecular complexity index is 3630. The van der Waals surface area contributed by atoms with Crippen molar-refractivity contribution in [3.8, 4) is 44.5 Å². The highest BCUT2D eigenvalue weighted by atomic mass is 32.1. The zero-order valence-corrected chi connectivity index (χ0v) is 34.7. The van der Waals surface area contributed by atoms with Gasteiger partial charge in [0, 0.05) is 31.2 Å². The van der Waals surface area contributed by atoms with E-state index in [9.17, 15) is 0 Å². The van der Waals surface area contributed by atoms with Gasteiger partial charge in [0.1, 0.15) is 0 Å². The van der Waals surface area contributed by atoms with Crippen molar-refractivity contribution in [1.82, 2.24) is 0 Å². The molecule has 0 bridgehead atoms. The van der Waals surface area contributed by atoms with Crippen LogP contribution >= 0.6 is 11.3 Å². The van der Waals surface area contributed by atoms with E-state index >= 15 is 0 Å². The minimum absolute atomic E-state index is 1.11. The molecule has 1 heterocycles. The van der Waals surface area contributed by atoms with E-state index in [1.54, 1.807) is 0 Å². The molecule has 0 aliphatic carbocycles. The molecule has 290 valence electrons. The molecule has 0 saturated carbocycles. The molecule has 0 saturated heterocycles. The molecular formula is C60H39NS. The van der Waals surface area contributed by atoms with Crippen LogP contribution in [0.15, 0.2) is 237 Å². The van der Waals surface area contributed by atoms with Crippen molar-refractivity contribution in [2.24, 2.45) is 0 Å². The van der Waals surface area contributed by atoms with Gasteiger partial charge >= 0.3 is 0 Å². The molecule has 12 rings (SSSR count). The predicted molar refractivity (Wildman–Crippen MR) is 268 cm³/mol. The number of fused-ring (bicyclic) bond motifs is 7. The first kappa shape index (κ1) is 36.1. The van der Waals surface area contributed by atoms with E-state index in [0.717, 1.165) is 16.9 Å². The van der Waals surface area contributed by atoms with Gasteiger partial charge in [0.25, 0.3) is 0 Å². The third-order valence-electron chi connectivity index (χ3n) is 12.4. The summed E-state index contributed by atoms with van der Waals surface area (Å²) in [4.78, 5) is 2.50. The van der Waals surface area contributed by atoms with Gasteiger partial charge in [-0.2, -0.15) is 0 Å². The second-order valence-electron chi connectivity index (χ2n) is 16.0. The van der Waals surface area contributed by atoms with E-state index in [4.69, 9.17) is 0 Å². The fourth-order valence-corrected chi connectivity index (χ4v) is 10.8. The first-order chi connectivity index (χ1) is 30.8. The summed E-state index contributed by atoms with van der Waals surface area (Å²) < 4.78 is 2.57. The monoisotopic (exact) mass is 805 g/mol. The fourth-order valence-electron chi connectivity index (χ4n) is 9.70. The summed E-state index contributed by atoms with van der Waals surface area (Å²) in [5, 5.41) is 9.99. The molecule has 62 heavy (non-hydrogen) atoms. The second kappa shape index (κ2) is 15.0. The lowest BCUT2D eigenvalue weighted by Gasteiger charge is -2.29. The van der Waals surface area contributed by atoms with E-state index in [1.807, 2.05) is 11.3 Å². The summed E-state index contributed by atoms with van der Waals surface area (Å²) in [6.45, 7) is 0. The van der Waals surface area contributed by atoms with Crippen LogP contribution in [0.2, 0.25) is 0 Å². The minimum Gasteiger partial charge on any atom is -0.309 e. The van der Waals surface area contributed by atoms with Crippen LogP contribution in [0.5, 0.6) is 0 Å². The lowest BCUT2D eigenvalue weighted by Crippen LogP contribution is -2.11. The molecule has 0 fully saturated rings. The standard InChI is InChI=1S/C60H39NS/c1-4-18-40(19-5-1)46-36-37-54(50-28-12-10-26-47(46)50)61(55-31-17-33-57-60(55)52-30-14-15-32-56(52)62-57)45-25-16-24-43(38-45)44-34-35-49-48-27-11-13-29-51(48)58(41-20-6-2-7-21-41)59(53(49)39-44)42-22-8-3-9-23-42/h1-39H. The van der Waals surface area contributed by atoms with Crippen molar-refractivity contribution in [3.63, 3.8) is 0 Å². The van der Waals surface area contributed by atoms with Gasteiger partial charge in [-0.1, -0.05) is 194 Å². The Labute approximate surface area is 365 Å². The van der Waals surface area contributed by atoms with E-state index in [1.165, 1.54) is 97.1 Å². The molecule has 0 N–H and O–H groups in total. The highest BCUT2D eigenvalue weighted by molar-refractivity contribution is 7.26. The van der Waals surface area contributed by atoms with Crippen molar-refractivity contribution >= 4 is 80.9 Å². The maximum Gasteiger partial charge on any atom is 0.0555 e. The minimum atomic E-state index is 1.11. The Morgan fingerprint density at radius 2 is 0.806 bits per heavy atom. The summed E-state index contributed by atoms with van der Waals surface area (Å²) in [5.74, 6) is 0. The van der Waals surface area contributed by atoms with Gasteiger partial charge < -0.3 is 4.90 Å². The third-order valence-corrected chi connectivity index (χ3v) is 13.6. The summed E-state index contributed by atoms with van der Waals surface area (Å²) in [5.41, 5.74) is 13.1. The third kappa shape index (κ3) is 5.99. The molecule has 11 aromatic carbocycles. The SMILES string of the molecule is c1ccc(-c2ccc(N(c3cccc(-c4ccc5c(c4)c(-c4ccccc4)c(-c4ccccc4)c4ccccc45)c3)c3cccc4sc5ccccc5c34)c3ccccc23)cc1. The van der Waals surface area contributed by atoms with Crippen molar-refractivity contribution in [3.05, 3.63) is 237 Å². The highest BCUT2D eigenvalue weighted by Crippen LogP contribution is 2.49. The van der Waals surface area contributed by atoms with E-state index in [2.05, 4.69) is 241 Å². The van der Waals surface area contributed by atoms with Crippen LogP contribution in [0.1, 0.15) is 0 Å². The van der Waals surface area contributed by atoms with Gasteiger partial charge in [0.15, 0.2) is 0 Å². The normalized spacial score (nSPS) is 11.5. The van der Waals surface area contributed by atoms with Crippen LogP contribution in [-0.4, -0.2) is 0 Å². The first-order valence-electron chi connectivity index (χ1n) is 21.3. The van der Waals surface area contributed by atoms with Gasteiger partial charge in [0.2, 0.25) is 0 Å². The number of benzene rings is 11. The lowest BCUT2D eigenvalue weighted by atomic mass is 9.84. The second-order valence-corrected chi connectivity index (χ2v) is 17.0. The molecular weight excluding hydrogens is 767 g/mol. The molecule has 0 atom stereocenters. The van der Waals surface area contributed by atoms with Crippen LogP contribution in [0, 0.1) is 0 Å². The molecule has 1 nitrogen and oxygen atoms in total. The van der Waals surface area contributed by atoms with Gasteiger partial charge in [-0.25, -0.2) is 0 Å². The lowest BCUT2D eigenvalue weighted by molar-refractivity contribution is 1.32. The maximum absolute atomic E-state index is 2.50. The van der Waals surface area contributed by atoms with Crippen LogP contribution in [0.4, 0.5) is 17.1 Å². The Morgan fingerprint density at radius 3 is 1.55 bits per heavy atom. The summed E-state index contributed by atoms with van der Waals surface area (Å²) in [6.07, 6.45) is 0. The van der Waals surface area contributed by atoms with Crippen LogP contribution < -0.4 is 4.90 Å². The van der Waals surface area contributed by atoms with Crippen LogP contribution in [-0.2, 0) is 0 Å². The molecule has 0 unspecified atom stereocenters. The molecule has 2 heteroatoms. The average Bonchev–Trinajstić information content (AvgIpc) is 3.74. The fraction of sp³-hybridized carbons (Fsp3) is 0. The Morgan fingerprint density at radius 1 is 0.274 bits per heavy atom. The van der Waals surface area contributed by atoms with Crippen molar-refractivity contribution in [1.29, 1.82) is 0 Å². The van der Waals surface area contributed by atoms with Gasteiger partial charge in [0.05, 0.1) is 11.4 Å². The Hall–Kier alpha value is -7.78. The van der Waals surface area contributed by atoms with E-state index in [0.29, 0.717) is 0 Å². The van der Waals surface area contributed by atoms with Gasteiger partial charge in [-0.15, -0.1) is 11.3 Å². The molecule has 12 aromatic rings. The van der Waals surface area contributed by atoms with Crippen molar-refractivity contribution in [2.75, 3.05) is 4.90 Å². The van der Waals surface area contributed by atoms with Crippen molar-refractivity contribution < 1.29 is 0 Å². The van der Waals surface area contributed by atoms with Gasteiger partial charge in [-0.05, 0) is 114 Å². The maximum atomic E-state index is 2.50. The molecule has 0 amide bonds. The number of nitrogens with zero attached hydrogens (tertiary/aromatic N) is 1. The zero-order valence-electron chi connectivity index (χ0n) is 33.9. The number of anilines is 3. The van der Waals surface area contributed by atoms with E-state index < -0.39 is 0 Å². The van der Waals surface area contributed by atoms with E-state index in [-0.39, 0.29) is 0 Å². The summed E-state index contributed by atoms with van der Waals surface area (Å²) in [7, 11) is 0. The Kier molecular flexibility index (Phi) is 8.76. The average molecular weight is 806 g/mol. The van der Waals surface area contributed by atoms with Crippen LogP contribution in [0.3, 0.4) is 0 Å².